The molecule has 1 aromatic carbocycles. The number of benzene rings is 1. The fraction of sp³-hybridized carbons (Fsp3) is 0.188. The Morgan fingerprint density at radius 2 is 2.13 bits per heavy atom. The standard InChI is InChI=1S/C16H14BrClN4O/c1-9-15(18)10(2)22(21-9)8-14(23)20-13-6-5-12(17)11-4-3-7-19-16(11)13/h3-7H,8H2,1-2H3,(H,20,23). The van der Waals surface area contributed by atoms with Gasteiger partial charge in [-0.2, -0.15) is 5.10 Å². The van der Waals surface area contributed by atoms with Crippen molar-refractivity contribution < 1.29 is 4.79 Å². The number of aromatic nitrogens is 3. The van der Waals surface area contributed by atoms with Crippen molar-refractivity contribution in [2.45, 2.75) is 20.4 Å². The molecule has 0 radical (unpaired) electrons. The summed E-state index contributed by atoms with van der Waals surface area (Å²) in [6.45, 7) is 3.76. The summed E-state index contributed by atoms with van der Waals surface area (Å²) >= 11 is 9.60. The van der Waals surface area contributed by atoms with Crippen LogP contribution in [-0.2, 0) is 11.3 Å². The van der Waals surface area contributed by atoms with E-state index in [1.165, 1.54) is 0 Å². The molecule has 0 spiro atoms. The number of anilines is 1. The molecule has 0 saturated heterocycles. The van der Waals surface area contributed by atoms with Crippen LogP contribution in [0.4, 0.5) is 5.69 Å². The molecule has 0 aliphatic rings. The fourth-order valence-electron chi connectivity index (χ4n) is 2.39. The van der Waals surface area contributed by atoms with E-state index in [1.807, 2.05) is 38.1 Å². The number of hydrogen-bond donors (Lipinski definition) is 1. The van der Waals surface area contributed by atoms with Crippen LogP contribution in [-0.4, -0.2) is 20.7 Å². The van der Waals surface area contributed by atoms with E-state index >= 15 is 0 Å². The lowest BCUT2D eigenvalue weighted by molar-refractivity contribution is -0.116. The van der Waals surface area contributed by atoms with Crippen LogP contribution in [0, 0.1) is 13.8 Å². The summed E-state index contributed by atoms with van der Waals surface area (Å²) in [6.07, 6.45) is 1.70. The predicted molar refractivity (Wildman–Crippen MR) is 94.8 cm³/mol. The van der Waals surface area contributed by atoms with Gasteiger partial charge < -0.3 is 5.32 Å². The normalized spacial score (nSPS) is 11.0. The van der Waals surface area contributed by atoms with Crippen LogP contribution >= 0.6 is 27.5 Å². The molecule has 118 valence electrons. The van der Waals surface area contributed by atoms with E-state index in [2.05, 4.69) is 31.3 Å². The molecule has 1 amide bonds. The molecule has 0 bridgehead atoms. The van der Waals surface area contributed by atoms with Crippen molar-refractivity contribution in [1.82, 2.24) is 14.8 Å². The van der Waals surface area contributed by atoms with Gasteiger partial charge in [0.05, 0.1) is 27.6 Å². The molecule has 2 aromatic heterocycles. The zero-order chi connectivity index (χ0) is 16.6. The second-order valence-corrected chi connectivity index (χ2v) is 6.42. The van der Waals surface area contributed by atoms with Crippen molar-refractivity contribution in [2.24, 2.45) is 0 Å². The van der Waals surface area contributed by atoms with Crippen LogP contribution in [0.15, 0.2) is 34.9 Å². The highest BCUT2D eigenvalue weighted by Gasteiger charge is 2.14. The van der Waals surface area contributed by atoms with Crippen molar-refractivity contribution in [3.8, 4) is 0 Å². The number of rotatable bonds is 3. The Balaban J connectivity index is 1.86. The summed E-state index contributed by atoms with van der Waals surface area (Å²) < 4.78 is 2.53. The average molecular weight is 394 g/mol. The molecule has 23 heavy (non-hydrogen) atoms. The van der Waals surface area contributed by atoms with Crippen LogP contribution in [0.5, 0.6) is 0 Å². The van der Waals surface area contributed by atoms with Crippen molar-refractivity contribution >= 4 is 50.0 Å². The van der Waals surface area contributed by atoms with Crippen molar-refractivity contribution in [3.63, 3.8) is 0 Å². The maximum absolute atomic E-state index is 12.3. The van der Waals surface area contributed by atoms with Gasteiger partial charge in [-0.3, -0.25) is 14.5 Å². The monoisotopic (exact) mass is 392 g/mol. The van der Waals surface area contributed by atoms with E-state index in [-0.39, 0.29) is 12.5 Å². The molecular formula is C16H14BrClN4O. The van der Waals surface area contributed by atoms with Gasteiger partial charge in [0.15, 0.2) is 0 Å². The summed E-state index contributed by atoms with van der Waals surface area (Å²) in [5, 5.41) is 8.69. The largest absolute Gasteiger partial charge is 0.323 e. The quantitative estimate of drug-likeness (QED) is 0.728. The molecule has 0 fully saturated rings. The Labute approximate surface area is 146 Å². The van der Waals surface area contributed by atoms with Gasteiger partial charge in [0.2, 0.25) is 5.91 Å². The van der Waals surface area contributed by atoms with E-state index in [4.69, 9.17) is 11.6 Å². The van der Waals surface area contributed by atoms with E-state index < -0.39 is 0 Å². The minimum atomic E-state index is -0.179. The van der Waals surface area contributed by atoms with Crippen LogP contribution in [0.1, 0.15) is 11.4 Å². The second-order valence-electron chi connectivity index (χ2n) is 5.19. The zero-order valence-electron chi connectivity index (χ0n) is 12.6. The smallest absolute Gasteiger partial charge is 0.246 e. The third kappa shape index (κ3) is 3.09. The SMILES string of the molecule is Cc1nn(CC(=O)Nc2ccc(Br)c3cccnc23)c(C)c1Cl. The number of hydrogen-bond acceptors (Lipinski definition) is 3. The number of nitrogens with zero attached hydrogens (tertiary/aromatic N) is 3. The van der Waals surface area contributed by atoms with Crippen molar-refractivity contribution in [1.29, 1.82) is 0 Å². The minimum absolute atomic E-state index is 0.101. The number of carbonyl (C=O) groups excluding carboxylic acids is 1. The van der Waals surface area contributed by atoms with E-state index in [0.29, 0.717) is 16.4 Å². The molecular weight excluding hydrogens is 380 g/mol. The summed E-state index contributed by atoms with van der Waals surface area (Å²) in [7, 11) is 0. The summed E-state index contributed by atoms with van der Waals surface area (Å²) in [6, 6.07) is 7.52. The number of aryl methyl sites for hydroxylation is 1. The lowest BCUT2D eigenvalue weighted by Crippen LogP contribution is -2.20. The topological polar surface area (TPSA) is 59.8 Å². The van der Waals surface area contributed by atoms with Gasteiger partial charge in [0.1, 0.15) is 6.54 Å². The maximum atomic E-state index is 12.3. The molecule has 0 aliphatic carbocycles. The number of amides is 1. The molecule has 0 unspecified atom stereocenters. The van der Waals surface area contributed by atoms with E-state index in [9.17, 15) is 4.79 Å². The van der Waals surface area contributed by atoms with Gasteiger partial charge in [0.25, 0.3) is 0 Å². The molecule has 3 aromatic rings. The Morgan fingerprint density at radius 1 is 1.35 bits per heavy atom. The Bertz CT molecular complexity index is 906. The van der Waals surface area contributed by atoms with Crippen LogP contribution in [0.3, 0.4) is 0 Å². The molecule has 0 saturated carbocycles. The van der Waals surface area contributed by atoms with Crippen LogP contribution in [0.25, 0.3) is 10.9 Å². The number of fused-ring (bicyclic) bond motifs is 1. The van der Waals surface area contributed by atoms with Gasteiger partial charge in [-0.25, -0.2) is 0 Å². The highest BCUT2D eigenvalue weighted by atomic mass is 79.9. The van der Waals surface area contributed by atoms with Gasteiger partial charge >= 0.3 is 0 Å². The van der Waals surface area contributed by atoms with Crippen LogP contribution in [0.2, 0.25) is 5.02 Å². The molecule has 5 nitrogen and oxygen atoms in total. The number of halogens is 2. The Morgan fingerprint density at radius 3 is 2.83 bits per heavy atom. The molecule has 0 atom stereocenters. The third-order valence-electron chi connectivity index (χ3n) is 3.58. The number of nitrogens with one attached hydrogen (secondary N) is 1. The van der Waals surface area contributed by atoms with Gasteiger partial charge in [0, 0.05) is 16.1 Å². The van der Waals surface area contributed by atoms with Gasteiger partial charge in [-0.15, -0.1) is 0 Å². The first kappa shape index (κ1) is 16.0. The molecule has 3 rings (SSSR count). The molecule has 1 N–H and O–H groups in total. The Hall–Kier alpha value is -1.92. The molecule has 2 heterocycles. The minimum Gasteiger partial charge on any atom is -0.323 e. The van der Waals surface area contributed by atoms with Crippen LogP contribution < -0.4 is 5.32 Å². The summed E-state index contributed by atoms with van der Waals surface area (Å²) in [5.41, 5.74) is 2.90. The zero-order valence-corrected chi connectivity index (χ0v) is 14.9. The first-order chi connectivity index (χ1) is 11.0. The fourth-order valence-corrected chi connectivity index (χ4v) is 2.98. The molecule has 7 heteroatoms. The van der Waals surface area contributed by atoms with Gasteiger partial charge in [-0.1, -0.05) is 33.6 Å². The Kier molecular flexibility index (Phi) is 4.37. The second kappa shape index (κ2) is 6.29. The van der Waals surface area contributed by atoms with E-state index in [0.717, 1.165) is 21.1 Å². The lowest BCUT2D eigenvalue weighted by Gasteiger charge is -2.10. The van der Waals surface area contributed by atoms with E-state index in [1.54, 1.807) is 10.9 Å². The van der Waals surface area contributed by atoms with Gasteiger partial charge in [-0.05, 0) is 32.0 Å². The predicted octanol–water partition coefficient (Wildman–Crippen LogP) is 4.10. The maximum Gasteiger partial charge on any atom is 0.246 e. The highest BCUT2D eigenvalue weighted by molar-refractivity contribution is 9.10. The first-order valence-corrected chi connectivity index (χ1v) is 8.17. The first-order valence-electron chi connectivity index (χ1n) is 7.00. The number of carbonyl (C=O) groups is 1. The van der Waals surface area contributed by atoms with Crippen molar-refractivity contribution in [3.05, 3.63) is 51.3 Å². The number of pyridine rings is 1. The summed E-state index contributed by atoms with van der Waals surface area (Å²) in [5.74, 6) is -0.179. The molecule has 0 aliphatic heterocycles. The summed E-state index contributed by atoms with van der Waals surface area (Å²) in [4.78, 5) is 16.7. The lowest BCUT2D eigenvalue weighted by atomic mass is 10.2. The average Bonchev–Trinajstić information content (AvgIpc) is 2.77. The highest BCUT2D eigenvalue weighted by Crippen LogP contribution is 2.28. The van der Waals surface area contributed by atoms with Crippen molar-refractivity contribution in [2.75, 3.05) is 5.32 Å². The third-order valence-corrected chi connectivity index (χ3v) is 4.82.